The third-order valence-electron chi connectivity index (χ3n) is 4.52. The molecule has 0 N–H and O–H groups in total. The van der Waals surface area contributed by atoms with E-state index in [4.69, 9.17) is 16.0 Å². The van der Waals surface area contributed by atoms with Crippen LogP contribution in [0.15, 0.2) is 59.3 Å². The third-order valence-corrected chi connectivity index (χ3v) is 4.76. The first kappa shape index (κ1) is 16.8. The Balaban J connectivity index is 1.52. The van der Waals surface area contributed by atoms with Crippen molar-refractivity contribution in [1.82, 2.24) is 14.9 Å². The van der Waals surface area contributed by atoms with Crippen LogP contribution in [0, 0.1) is 0 Å². The topological polar surface area (TPSA) is 59.2 Å². The highest BCUT2D eigenvalue weighted by atomic mass is 35.5. The summed E-state index contributed by atoms with van der Waals surface area (Å²) in [6.07, 6.45) is 5.75. The van der Waals surface area contributed by atoms with Gasteiger partial charge < -0.3 is 9.32 Å². The van der Waals surface area contributed by atoms with Crippen molar-refractivity contribution in [2.24, 2.45) is 0 Å². The fraction of sp³-hybridized carbons (Fsp3) is 0.250. The molecular weight excluding hydrogens is 350 g/mol. The molecule has 26 heavy (non-hydrogen) atoms. The number of aromatic nitrogens is 2. The Kier molecular flexibility index (Phi) is 4.71. The third kappa shape index (κ3) is 3.48. The lowest BCUT2D eigenvalue weighted by molar-refractivity contribution is 0.0708. The lowest BCUT2D eigenvalue weighted by Crippen LogP contribution is -2.31. The summed E-state index contributed by atoms with van der Waals surface area (Å²) < 4.78 is 5.96. The Labute approximate surface area is 156 Å². The van der Waals surface area contributed by atoms with Gasteiger partial charge in [0.2, 0.25) is 5.89 Å². The summed E-state index contributed by atoms with van der Waals surface area (Å²) in [6.45, 7) is 0.687. The molecular formula is C20H18ClN3O2. The highest BCUT2D eigenvalue weighted by Crippen LogP contribution is 2.33. The maximum atomic E-state index is 12.7. The minimum atomic E-state index is -0.141. The number of hydrogen-bond donors (Lipinski definition) is 0. The van der Waals surface area contributed by atoms with Crippen LogP contribution >= 0.6 is 11.6 Å². The van der Waals surface area contributed by atoms with Crippen molar-refractivity contribution in [1.29, 1.82) is 0 Å². The van der Waals surface area contributed by atoms with Crippen molar-refractivity contribution in [2.45, 2.75) is 25.3 Å². The van der Waals surface area contributed by atoms with Crippen LogP contribution in [-0.2, 0) is 6.42 Å². The summed E-state index contributed by atoms with van der Waals surface area (Å²) >= 11 is 6.04. The molecule has 0 aliphatic carbocycles. The fourth-order valence-corrected chi connectivity index (χ4v) is 3.52. The summed E-state index contributed by atoms with van der Waals surface area (Å²) in [5.41, 5.74) is 1.51. The van der Waals surface area contributed by atoms with Gasteiger partial charge >= 0.3 is 0 Å². The van der Waals surface area contributed by atoms with Crippen LogP contribution in [0.3, 0.4) is 0 Å². The van der Waals surface area contributed by atoms with E-state index in [1.807, 2.05) is 30.3 Å². The number of carbonyl (C=O) groups is 1. The minimum absolute atomic E-state index is 0.0808. The van der Waals surface area contributed by atoms with E-state index in [0.29, 0.717) is 29.6 Å². The molecule has 0 spiro atoms. The maximum Gasteiger partial charge on any atom is 0.273 e. The molecule has 1 saturated heterocycles. The van der Waals surface area contributed by atoms with Gasteiger partial charge in [-0.2, -0.15) is 0 Å². The molecule has 4 rings (SSSR count). The molecule has 0 bridgehead atoms. The second-order valence-electron chi connectivity index (χ2n) is 6.34. The lowest BCUT2D eigenvalue weighted by atomic mass is 10.1. The fourth-order valence-electron chi connectivity index (χ4n) is 3.31. The van der Waals surface area contributed by atoms with E-state index in [1.165, 1.54) is 0 Å². The van der Waals surface area contributed by atoms with Crippen LogP contribution < -0.4 is 0 Å². The Morgan fingerprint density at radius 2 is 2.15 bits per heavy atom. The number of carbonyl (C=O) groups excluding carboxylic acids is 1. The van der Waals surface area contributed by atoms with E-state index in [2.05, 4.69) is 9.97 Å². The highest BCUT2D eigenvalue weighted by Gasteiger charge is 2.34. The smallest absolute Gasteiger partial charge is 0.273 e. The van der Waals surface area contributed by atoms with E-state index in [1.54, 1.807) is 29.4 Å². The van der Waals surface area contributed by atoms with Gasteiger partial charge in [-0.05, 0) is 42.7 Å². The first-order valence-electron chi connectivity index (χ1n) is 8.62. The molecule has 6 heteroatoms. The molecule has 0 radical (unpaired) electrons. The molecule has 1 aliphatic rings. The number of halogens is 1. The van der Waals surface area contributed by atoms with Crippen molar-refractivity contribution in [3.8, 4) is 0 Å². The monoisotopic (exact) mass is 367 g/mol. The number of amides is 1. The van der Waals surface area contributed by atoms with Gasteiger partial charge in [-0.3, -0.25) is 9.78 Å². The predicted octanol–water partition coefficient (Wildman–Crippen LogP) is 4.29. The molecule has 1 amide bonds. The van der Waals surface area contributed by atoms with Crippen molar-refractivity contribution in [3.63, 3.8) is 0 Å². The molecule has 5 nitrogen and oxygen atoms in total. The summed E-state index contributed by atoms with van der Waals surface area (Å²) in [4.78, 5) is 23.1. The Morgan fingerprint density at radius 1 is 1.23 bits per heavy atom. The average molecular weight is 368 g/mol. The van der Waals surface area contributed by atoms with Crippen LogP contribution in [0.2, 0.25) is 5.02 Å². The molecule has 0 saturated carbocycles. The van der Waals surface area contributed by atoms with Gasteiger partial charge in [0, 0.05) is 24.2 Å². The van der Waals surface area contributed by atoms with Gasteiger partial charge in [0.15, 0.2) is 0 Å². The Hall–Kier alpha value is -2.66. The van der Waals surface area contributed by atoms with Gasteiger partial charge in [-0.25, -0.2) is 4.98 Å². The first-order valence-corrected chi connectivity index (χ1v) is 8.99. The van der Waals surface area contributed by atoms with Crippen LogP contribution in [0.1, 0.15) is 46.6 Å². The van der Waals surface area contributed by atoms with Gasteiger partial charge in [-0.1, -0.05) is 29.8 Å². The van der Waals surface area contributed by atoms with Crippen LogP contribution in [0.5, 0.6) is 0 Å². The summed E-state index contributed by atoms with van der Waals surface area (Å²) in [6, 6.07) is 12.9. The SMILES string of the molecule is O=C(c1ccccn1)N1CCC[C@H]1c1ncc(Cc2cccc(Cl)c2)o1. The van der Waals surface area contributed by atoms with Crippen LogP contribution in [-0.4, -0.2) is 27.3 Å². The molecule has 3 aromatic rings. The van der Waals surface area contributed by atoms with Crippen molar-refractivity contribution >= 4 is 17.5 Å². The van der Waals surface area contributed by atoms with Crippen molar-refractivity contribution in [2.75, 3.05) is 6.54 Å². The van der Waals surface area contributed by atoms with E-state index >= 15 is 0 Å². The molecule has 1 atom stereocenters. The van der Waals surface area contributed by atoms with Gasteiger partial charge in [-0.15, -0.1) is 0 Å². The van der Waals surface area contributed by atoms with E-state index < -0.39 is 0 Å². The van der Waals surface area contributed by atoms with E-state index in [0.717, 1.165) is 24.2 Å². The predicted molar refractivity (Wildman–Crippen MR) is 98.0 cm³/mol. The molecule has 1 aromatic carbocycles. The second kappa shape index (κ2) is 7.30. The molecule has 0 unspecified atom stereocenters. The number of likely N-dealkylation sites (tertiary alicyclic amines) is 1. The quantitative estimate of drug-likeness (QED) is 0.690. The van der Waals surface area contributed by atoms with Gasteiger partial charge in [0.1, 0.15) is 17.5 Å². The molecule has 132 valence electrons. The zero-order valence-electron chi connectivity index (χ0n) is 14.1. The summed E-state index contributed by atoms with van der Waals surface area (Å²) in [5.74, 6) is 1.27. The number of benzene rings is 1. The van der Waals surface area contributed by atoms with Crippen LogP contribution in [0.25, 0.3) is 0 Å². The second-order valence-corrected chi connectivity index (χ2v) is 6.78. The first-order chi connectivity index (χ1) is 12.7. The van der Waals surface area contributed by atoms with Gasteiger partial charge in [0.25, 0.3) is 5.91 Å². The standard InChI is InChI=1S/C20H18ClN3O2/c21-15-6-3-5-14(11-15)12-16-13-23-19(26-16)18-8-4-10-24(18)20(25)17-7-1-2-9-22-17/h1-3,5-7,9,11,13,18H,4,8,10,12H2/t18-/m0/s1. The number of rotatable bonds is 4. The molecule has 1 fully saturated rings. The van der Waals surface area contributed by atoms with Crippen molar-refractivity contribution in [3.05, 3.63) is 82.8 Å². The summed E-state index contributed by atoms with van der Waals surface area (Å²) in [5, 5.41) is 0.699. The number of oxazole rings is 1. The van der Waals surface area contributed by atoms with E-state index in [-0.39, 0.29) is 11.9 Å². The Morgan fingerprint density at radius 3 is 2.96 bits per heavy atom. The zero-order valence-corrected chi connectivity index (χ0v) is 14.9. The zero-order chi connectivity index (χ0) is 17.9. The van der Waals surface area contributed by atoms with E-state index in [9.17, 15) is 4.79 Å². The maximum absolute atomic E-state index is 12.7. The number of nitrogens with zero attached hydrogens (tertiary/aromatic N) is 3. The molecule has 1 aliphatic heterocycles. The molecule has 3 heterocycles. The normalized spacial score (nSPS) is 16.8. The highest BCUT2D eigenvalue weighted by molar-refractivity contribution is 6.30. The largest absolute Gasteiger partial charge is 0.443 e. The average Bonchev–Trinajstić information content (AvgIpc) is 3.31. The van der Waals surface area contributed by atoms with Crippen molar-refractivity contribution < 1.29 is 9.21 Å². The number of pyridine rings is 1. The van der Waals surface area contributed by atoms with Crippen LogP contribution in [0.4, 0.5) is 0 Å². The summed E-state index contributed by atoms with van der Waals surface area (Å²) in [7, 11) is 0. The minimum Gasteiger partial charge on any atom is -0.443 e. The Bertz CT molecular complexity index is 910. The molecule has 2 aromatic heterocycles. The lowest BCUT2D eigenvalue weighted by Gasteiger charge is -2.21. The van der Waals surface area contributed by atoms with Gasteiger partial charge in [0.05, 0.1) is 6.20 Å². The number of hydrogen-bond acceptors (Lipinski definition) is 4.